The third-order valence-electron chi connectivity index (χ3n) is 4.23. The first-order valence-electron chi connectivity index (χ1n) is 8.65. The topological polar surface area (TPSA) is 39.4 Å². The Hall–Kier alpha value is -3.18. The predicted molar refractivity (Wildman–Crippen MR) is 109 cm³/mol. The van der Waals surface area contributed by atoms with Gasteiger partial charge in [0.15, 0.2) is 4.80 Å². The van der Waals surface area contributed by atoms with Gasteiger partial charge < -0.3 is 9.30 Å². The molecule has 0 amide bonds. The van der Waals surface area contributed by atoms with Crippen LogP contribution in [-0.2, 0) is 6.54 Å². The van der Waals surface area contributed by atoms with Crippen LogP contribution in [0.25, 0.3) is 11.3 Å². The van der Waals surface area contributed by atoms with Crippen LogP contribution >= 0.6 is 11.3 Å². The molecule has 2 heterocycles. The highest BCUT2D eigenvalue weighted by Crippen LogP contribution is 2.22. The Balaban J connectivity index is 1.81. The minimum absolute atomic E-state index is 0.719. The fourth-order valence-corrected chi connectivity index (χ4v) is 3.78. The number of aromatic nitrogens is 2. The molecule has 0 saturated carbocycles. The van der Waals surface area contributed by atoms with Crippen molar-refractivity contribution in [1.82, 2.24) is 9.55 Å². The first kappa shape index (κ1) is 17.2. The molecule has 0 aliphatic carbocycles. The van der Waals surface area contributed by atoms with Crippen LogP contribution in [0, 0.1) is 0 Å². The first-order valence-corrected chi connectivity index (χ1v) is 9.53. The van der Waals surface area contributed by atoms with Gasteiger partial charge >= 0.3 is 0 Å². The number of hydrogen-bond donors (Lipinski definition) is 0. The van der Waals surface area contributed by atoms with E-state index in [2.05, 4.69) is 45.3 Å². The number of methoxy groups -OCH3 is 1. The third-order valence-corrected chi connectivity index (χ3v) is 5.09. The molecule has 5 heteroatoms. The summed E-state index contributed by atoms with van der Waals surface area (Å²) in [5, 5.41) is 2.16. The Kier molecular flexibility index (Phi) is 5.12. The second kappa shape index (κ2) is 8.01. The summed E-state index contributed by atoms with van der Waals surface area (Å²) in [4.78, 5) is 10.1. The SMILES string of the molecule is COc1ccc(N=c2scc(-c3ccccc3)n2Cc2cccnc2)cc1. The van der Waals surface area contributed by atoms with Crippen molar-refractivity contribution >= 4 is 17.0 Å². The zero-order valence-corrected chi connectivity index (χ0v) is 15.8. The molecule has 2 aromatic carbocycles. The number of ether oxygens (including phenoxy) is 1. The van der Waals surface area contributed by atoms with E-state index >= 15 is 0 Å². The van der Waals surface area contributed by atoms with Crippen molar-refractivity contribution in [3.8, 4) is 17.0 Å². The molecule has 0 atom stereocenters. The number of rotatable bonds is 5. The van der Waals surface area contributed by atoms with Crippen LogP contribution in [0.4, 0.5) is 5.69 Å². The Morgan fingerprint density at radius 2 is 1.81 bits per heavy atom. The van der Waals surface area contributed by atoms with Gasteiger partial charge in [-0.05, 0) is 41.5 Å². The Labute approximate surface area is 162 Å². The van der Waals surface area contributed by atoms with E-state index < -0.39 is 0 Å². The van der Waals surface area contributed by atoms with Crippen LogP contribution in [0.15, 0.2) is 89.5 Å². The number of benzene rings is 2. The lowest BCUT2D eigenvalue weighted by Gasteiger charge is -2.09. The Morgan fingerprint density at radius 3 is 2.52 bits per heavy atom. The lowest BCUT2D eigenvalue weighted by molar-refractivity contribution is 0.415. The molecule has 0 N–H and O–H groups in total. The molecule has 0 aliphatic rings. The zero-order valence-electron chi connectivity index (χ0n) is 14.9. The van der Waals surface area contributed by atoms with Crippen LogP contribution in [0.3, 0.4) is 0 Å². The zero-order chi connectivity index (χ0) is 18.5. The lowest BCUT2D eigenvalue weighted by Crippen LogP contribution is -2.16. The molecule has 0 saturated heterocycles. The largest absolute Gasteiger partial charge is 0.497 e. The molecule has 2 aromatic heterocycles. The van der Waals surface area contributed by atoms with Gasteiger partial charge in [-0.1, -0.05) is 36.4 Å². The van der Waals surface area contributed by atoms with Crippen molar-refractivity contribution in [2.45, 2.75) is 6.54 Å². The van der Waals surface area contributed by atoms with Gasteiger partial charge in [-0.15, -0.1) is 11.3 Å². The molecule has 27 heavy (non-hydrogen) atoms. The number of thiazole rings is 1. The van der Waals surface area contributed by atoms with E-state index in [0.717, 1.165) is 34.0 Å². The van der Waals surface area contributed by atoms with Crippen molar-refractivity contribution in [1.29, 1.82) is 0 Å². The molecule has 4 rings (SSSR count). The van der Waals surface area contributed by atoms with E-state index in [-0.39, 0.29) is 0 Å². The predicted octanol–water partition coefficient (Wildman–Crippen LogP) is 4.90. The Bertz CT molecular complexity index is 1070. The van der Waals surface area contributed by atoms with E-state index in [1.807, 2.05) is 42.6 Å². The van der Waals surface area contributed by atoms with Gasteiger partial charge in [-0.25, -0.2) is 4.99 Å². The molecule has 0 aliphatic heterocycles. The Morgan fingerprint density at radius 1 is 1.00 bits per heavy atom. The van der Waals surface area contributed by atoms with Crippen molar-refractivity contribution in [3.63, 3.8) is 0 Å². The van der Waals surface area contributed by atoms with Crippen molar-refractivity contribution in [3.05, 3.63) is 94.9 Å². The summed E-state index contributed by atoms with van der Waals surface area (Å²) in [7, 11) is 1.67. The molecule has 4 nitrogen and oxygen atoms in total. The summed E-state index contributed by atoms with van der Waals surface area (Å²) < 4.78 is 7.47. The normalized spacial score (nSPS) is 11.5. The summed E-state index contributed by atoms with van der Waals surface area (Å²) in [5.41, 5.74) is 4.37. The molecule has 134 valence electrons. The second-order valence-electron chi connectivity index (χ2n) is 6.03. The molecular weight excluding hydrogens is 354 g/mol. The summed E-state index contributed by atoms with van der Waals surface area (Å²) in [5.74, 6) is 0.827. The van der Waals surface area contributed by atoms with Gasteiger partial charge in [0.25, 0.3) is 0 Å². The average molecular weight is 373 g/mol. The maximum atomic E-state index is 5.23. The fourth-order valence-electron chi connectivity index (χ4n) is 2.85. The van der Waals surface area contributed by atoms with Gasteiger partial charge in [0, 0.05) is 17.8 Å². The lowest BCUT2D eigenvalue weighted by atomic mass is 10.1. The standard InChI is InChI=1S/C22H19N3OS/c1-26-20-11-9-19(10-12-20)24-22-25(15-17-6-5-13-23-14-17)21(16-27-22)18-7-3-2-4-8-18/h2-14,16H,15H2,1H3. The molecular formula is C22H19N3OS. The number of nitrogens with zero attached hydrogens (tertiary/aromatic N) is 3. The van der Waals surface area contributed by atoms with Crippen molar-refractivity contribution in [2.75, 3.05) is 7.11 Å². The third kappa shape index (κ3) is 3.99. The summed E-state index contributed by atoms with van der Waals surface area (Å²) in [6.07, 6.45) is 3.69. The van der Waals surface area contributed by atoms with Gasteiger partial charge in [0.2, 0.25) is 0 Å². The average Bonchev–Trinajstić information content (AvgIpc) is 3.12. The quantitative estimate of drug-likeness (QED) is 0.499. The van der Waals surface area contributed by atoms with Gasteiger partial charge in [0.05, 0.1) is 25.0 Å². The van der Waals surface area contributed by atoms with Gasteiger partial charge in [-0.3, -0.25) is 4.98 Å². The van der Waals surface area contributed by atoms with Gasteiger partial charge in [0.1, 0.15) is 5.75 Å². The highest BCUT2D eigenvalue weighted by molar-refractivity contribution is 7.07. The van der Waals surface area contributed by atoms with E-state index in [1.54, 1.807) is 24.6 Å². The van der Waals surface area contributed by atoms with Crippen LogP contribution in [-0.4, -0.2) is 16.7 Å². The second-order valence-corrected chi connectivity index (χ2v) is 6.86. The molecule has 0 bridgehead atoms. The summed E-state index contributed by atoms with van der Waals surface area (Å²) in [6.45, 7) is 0.719. The molecule has 4 aromatic rings. The van der Waals surface area contributed by atoms with E-state index in [4.69, 9.17) is 9.73 Å². The fraction of sp³-hybridized carbons (Fsp3) is 0.0909. The number of pyridine rings is 1. The smallest absolute Gasteiger partial charge is 0.190 e. The van der Waals surface area contributed by atoms with E-state index in [1.165, 1.54) is 5.56 Å². The van der Waals surface area contributed by atoms with Crippen LogP contribution in [0.5, 0.6) is 5.75 Å². The minimum Gasteiger partial charge on any atom is -0.497 e. The van der Waals surface area contributed by atoms with E-state index in [0.29, 0.717) is 0 Å². The van der Waals surface area contributed by atoms with Crippen LogP contribution in [0.1, 0.15) is 5.56 Å². The summed E-state index contributed by atoms with van der Waals surface area (Å²) >= 11 is 1.64. The minimum atomic E-state index is 0.719. The maximum Gasteiger partial charge on any atom is 0.190 e. The molecule has 0 fully saturated rings. The highest BCUT2D eigenvalue weighted by atomic mass is 32.1. The summed E-state index contributed by atoms with van der Waals surface area (Å²) in [6, 6.07) is 22.2. The molecule has 0 radical (unpaired) electrons. The van der Waals surface area contributed by atoms with Crippen LogP contribution < -0.4 is 9.54 Å². The molecule has 0 unspecified atom stereocenters. The first-order chi connectivity index (χ1) is 13.3. The monoisotopic (exact) mass is 373 g/mol. The maximum absolute atomic E-state index is 5.23. The number of hydrogen-bond acceptors (Lipinski definition) is 4. The van der Waals surface area contributed by atoms with Crippen molar-refractivity contribution in [2.24, 2.45) is 4.99 Å². The van der Waals surface area contributed by atoms with E-state index in [9.17, 15) is 0 Å². The van der Waals surface area contributed by atoms with Crippen LogP contribution in [0.2, 0.25) is 0 Å². The van der Waals surface area contributed by atoms with Crippen molar-refractivity contribution < 1.29 is 4.74 Å². The van der Waals surface area contributed by atoms with Gasteiger partial charge in [-0.2, -0.15) is 0 Å². The molecule has 0 spiro atoms. The highest BCUT2D eigenvalue weighted by Gasteiger charge is 2.09.